The lowest BCUT2D eigenvalue weighted by Crippen LogP contribution is -2.29. The van der Waals surface area contributed by atoms with Gasteiger partial charge in [0.2, 0.25) is 0 Å². The first-order valence-corrected chi connectivity index (χ1v) is 21.6. The molecule has 2 saturated carbocycles. The maximum atomic E-state index is 13.2. The molecule has 0 aromatic heterocycles. The van der Waals surface area contributed by atoms with Crippen LogP contribution in [0.2, 0.25) is 0 Å². The lowest BCUT2D eigenvalue weighted by Gasteiger charge is -2.32. The minimum atomic E-state index is -0.999. The third-order valence-corrected chi connectivity index (χ3v) is 13.6. The molecule has 0 spiro atoms. The first-order chi connectivity index (χ1) is 26.6. The molecule has 0 radical (unpaired) electrons. The minimum Gasteiger partial charge on any atom is -0.482 e. The van der Waals surface area contributed by atoms with Gasteiger partial charge < -0.3 is 34.6 Å². The normalized spacial score (nSPS) is 27.7. The first-order valence-electron chi connectivity index (χ1n) is 21.6. The highest BCUT2D eigenvalue weighted by atomic mass is 16.6. The minimum absolute atomic E-state index is 0.108. The van der Waals surface area contributed by atoms with Gasteiger partial charge in [0.05, 0.1) is 18.3 Å². The molecule has 10 atom stereocenters. The molecule has 55 heavy (non-hydrogen) atoms. The molecular formula is C46H66O9. The molecule has 2 aromatic carbocycles. The fourth-order valence-electron chi connectivity index (χ4n) is 10.7. The highest BCUT2D eigenvalue weighted by Crippen LogP contribution is 2.49. The Bertz CT molecular complexity index is 1560. The molecule has 304 valence electrons. The summed E-state index contributed by atoms with van der Waals surface area (Å²) in [5.41, 5.74) is 4.76. The lowest BCUT2D eigenvalue weighted by molar-refractivity contribution is -0.152. The average Bonchev–Trinajstić information content (AvgIpc) is 3.64. The Morgan fingerprint density at radius 2 is 1.40 bits per heavy atom. The van der Waals surface area contributed by atoms with Crippen LogP contribution in [-0.4, -0.2) is 70.0 Å². The topological polar surface area (TPSA) is 143 Å². The number of benzene rings is 2. The highest BCUT2D eigenvalue weighted by molar-refractivity contribution is 5.71. The van der Waals surface area contributed by atoms with Gasteiger partial charge in [-0.05, 0) is 159 Å². The van der Waals surface area contributed by atoms with Gasteiger partial charge in [-0.1, -0.05) is 64.2 Å². The number of unbranched alkanes of at least 4 members (excludes halogenated alkanes) is 4. The maximum absolute atomic E-state index is 13.2. The number of hydrogen-bond acceptors (Lipinski definition) is 8. The number of hydrogen-bond donors (Lipinski definition) is 4. The standard InChI is InChI=1S/C46H66O9/c1-3-5-7-11-34(47)15-18-37-40-23-31-21-36(16-14-29(31)20-32(40)25-42(37)48)53-28-46(52)55-35(12-8-6-4-2)17-19-38-39-22-30-10-9-13-44(54-27-45(50)51)41(30)24-33(39)26-43(38)49/h9-10,13-14,16,21,32-35,37-40,42-43,47-49H,3-8,11-12,15,17-20,22-28H2,1-2H3,(H,50,51)/t32-,33-,34+,35-,37+,38+,39-,40-,42+,43+/m0/s1. The van der Waals surface area contributed by atoms with Crippen LogP contribution >= 0.6 is 0 Å². The molecule has 6 rings (SSSR count). The van der Waals surface area contributed by atoms with Crippen LogP contribution in [0.15, 0.2) is 36.4 Å². The van der Waals surface area contributed by atoms with E-state index >= 15 is 0 Å². The predicted molar refractivity (Wildman–Crippen MR) is 211 cm³/mol. The van der Waals surface area contributed by atoms with Crippen molar-refractivity contribution >= 4 is 11.9 Å². The molecule has 0 amide bonds. The summed E-state index contributed by atoms with van der Waals surface area (Å²) in [6.07, 6.45) is 14.9. The molecule has 2 fully saturated rings. The van der Waals surface area contributed by atoms with Gasteiger partial charge in [0.15, 0.2) is 13.2 Å². The maximum Gasteiger partial charge on any atom is 0.344 e. The average molecular weight is 763 g/mol. The molecule has 4 aliphatic rings. The zero-order chi connectivity index (χ0) is 38.9. The lowest BCUT2D eigenvalue weighted by atomic mass is 9.73. The number of carboxylic acid groups (broad SMARTS) is 1. The van der Waals surface area contributed by atoms with Crippen LogP contribution in [0.4, 0.5) is 0 Å². The van der Waals surface area contributed by atoms with Crippen molar-refractivity contribution in [2.45, 2.75) is 154 Å². The molecule has 9 nitrogen and oxygen atoms in total. The second-order valence-corrected chi connectivity index (χ2v) is 17.3. The number of aliphatic hydroxyl groups excluding tert-OH is 3. The van der Waals surface area contributed by atoms with Gasteiger partial charge in [0.25, 0.3) is 0 Å². The van der Waals surface area contributed by atoms with Crippen molar-refractivity contribution < 1.29 is 44.2 Å². The summed E-state index contributed by atoms with van der Waals surface area (Å²) in [6, 6.07) is 12.0. The van der Waals surface area contributed by atoms with E-state index in [2.05, 4.69) is 32.0 Å². The Labute approximate surface area is 328 Å². The molecule has 0 heterocycles. The van der Waals surface area contributed by atoms with Gasteiger partial charge in [-0.2, -0.15) is 0 Å². The summed E-state index contributed by atoms with van der Waals surface area (Å²) in [5.74, 6) is 1.69. The highest BCUT2D eigenvalue weighted by Gasteiger charge is 2.46. The van der Waals surface area contributed by atoms with Crippen molar-refractivity contribution in [2.24, 2.45) is 35.5 Å². The molecule has 0 bridgehead atoms. The van der Waals surface area contributed by atoms with Crippen molar-refractivity contribution in [3.8, 4) is 11.5 Å². The fraction of sp³-hybridized carbons (Fsp3) is 0.696. The number of rotatable bonds is 21. The van der Waals surface area contributed by atoms with E-state index in [4.69, 9.17) is 19.3 Å². The molecule has 2 aromatic rings. The Morgan fingerprint density at radius 1 is 0.727 bits per heavy atom. The molecule has 0 aliphatic heterocycles. The van der Waals surface area contributed by atoms with Crippen molar-refractivity contribution in [1.82, 2.24) is 0 Å². The molecule has 4 aliphatic carbocycles. The van der Waals surface area contributed by atoms with Crippen molar-refractivity contribution in [3.63, 3.8) is 0 Å². The van der Waals surface area contributed by atoms with Crippen LogP contribution in [0.5, 0.6) is 11.5 Å². The van der Waals surface area contributed by atoms with Gasteiger partial charge in [-0.15, -0.1) is 0 Å². The van der Waals surface area contributed by atoms with E-state index in [0.29, 0.717) is 48.0 Å². The third-order valence-electron chi connectivity index (χ3n) is 13.6. The Hall–Kier alpha value is -3.14. The summed E-state index contributed by atoms with van der Waals surface area (Å²) < 4.78 is 17.7. The zero-order valence-electron chi connectivity index (χ0n) is 33.2. The number of aliphatic carboxylic acids is 1. The monoisotopic (exact) mass is 762 g/mol. The number of esters is 1. The number of ether oxygens (including phenoxy) is 3. The Morgan fingerprint density at radius 3 is 2.11 bits per heavy atom. The summed E-state index contributed by atoms with van der Waals surface area (Å²) >= 11 is 0. The van der Waals surface area contributed by atoms with E-state index in [9.17, 15) is 24.9 Å². The molecular weight excluding hydrogens is 696 g/mol. The van der Waals surface area contributed by atoms with Crippen LogP contribution in [0.1, 0.15) is 126 Å². The zero-order valence-corrected chi connectivity index (χ0v) is 33.2. The van der Waals surface area contributed by atoms with E-state index < -0.39 is 12.1 Å². The number of aliphatic hydroxyl groups is 3. The first kappa shape index (κ1) is 41.5. The van der Waals surface area contributed by atoms with Crippen LogP contribution in [0, 0.1) is 35.5 Å². The second-order valence-electron chi connectivity index (χ2n) is 17.3. The molecule has 9 heteroatoms. The molecule has 0 saturated heterocycles. The van der Waals surface area contributed by atoms with Crippen molar-refractivity contribution in [3.05, 3.63) is 58.7 Å². The van der Waals surface area contributed by atoms with Crippen LogP contribution in [-0.2, 0) is 40.0 Å². The Kier molecular flexibility index (Phi) is 15.0. The van der Waals surface area contributed by atoms with Crippen LogP contribution in [0.3, 0.4) is 0 Å². The summed E-state index contributed by atoms with van der Waals surface area (Å²) in [4.78, 5) is 24.4. The summed E-state index contributed by atoms with van der Waals surface area (Å²) in [6.45, 7) is 3.81. The van der Waals surface area contributed by atoms with Gasteiger partial charge in [-0.3, -0.25) is 0 Å². The van der Waals surface area contributed by atoms with Gasteiger partial charge in [0.1, 0.15) is 17.6 Å². The van der Waals surface area contributed by atoms with E-state index in [1.807, 2.05) is 18.2 Å². The van der Waals surface area contributed by atoms with Crippen molar-refractivity contribution in [2.75, 3.05) is 13.2 Å². The fourth-order valence-corrected chi connectivity index (χ4v) is 10.7. The second kappa shape index (κ2) is 19.8. The van der Waals surface area contributed by atoms with Gasteiger partial charge >= 0.3 is 11.9 Å². The molecule has 4 N–H and O–H groups in total. The number of fused-ring (bicyclic) bond motifs is 4. The van der Waals surface area contributed by atoms with E-state index in [0.717, 1.165) is 108 Å². The van der Waals surface area contributed by atoms with E-state index in [-0.39, 0.29) is 49.3 Å². The largest absolute Gasteiger partial charge is 0.482 e. The summed E-state index contributed by atoms with van der Waals surface area (Å²) in [5, 5.41) is 41.9. The third kappa shape index (κ3) is 10.8. The van der Waals surface area contributed by atoms with Crippen molar-refractivity contribution in [1.29, 1.82) is 0 Å². The summed E-state index contributed by atoms with van der Waals surface area (Å²) in [7, 11) is 0. The van der Waals surface area contributed by atoms with E-state index in [1.54, 1.807) is 0 Å². The number of carboxylic acids is 1. The Balaban J connectivity index is 1.01. The quantitative estimate of drug-likeness (QED) is 0.0746. The van der Waals surface area contributed by atoms with Crippen LogP contribution in [0.25, 0.3) is 0 Å². The molecule has 0 unspecified atom stereocenters. The van der Waals surface area contributed by atoms with Gasteiger partial charge in [0, 0.05) is 0 Å². The number of carbonyl (C=O) groups excluding carboxylic acids is 1. The SMILES string of the molecule is CCCCC[C@@H](O)CC[C@@H]1[C@H]2Cc3cc(OCC(=O)O[C@@H](CCCCC)CC[C@@H]4[C@H]5Cc6cccc(OCC(=O)O)c6C[C@H]5C[C@H]4O)ccc3C[C@H]2C[C@H]1O. The smallest absolute Gasteiger partial charge is 0.344 e. The van der Waals surface area contributed by atoms with Crippen LogP contribution < -0.4 is 9.47 Å². The van der Waals surface area contributed by atoms with Gasteiger partial charge in [-0.25, -0.2) is 9.59 Å². The predicted octanol–water partition coefficient (Wildman–Crippen LogP) is 7.65. The number of carbonyl (C=O) groups is 2. The van der Waals surface area contributed by atoms with E-state index in [1.165, 1.54) is 16.7 Å².